The Morgan fingerprint density at radius 2 is 2.20 bits per heavy atom. The second-order valence-electron chi connectivity index (χ2n) is 3.57. The van der Waals surface area contributed by atoms with Crippen molar-refractivity contribution in [3.63, 3.8) is 0 Å². The predicted molar refractivity (Wildman–Crippen MR) is 64.7 cm³/mol. The molecule has 0 fully saturated rings. The topological polar surface area (TPSA) is 30.7 Å². The van der Waals surface area contributed by atoms with Crippen LogP contribution in [-0.2, 0) is 0 Å². The molecule has 0 bridgehead atoms. The molecule has 0 aliphatic carbocycles. The zero-order valence-electron chi connectivity index (χ0n) is 8.86. The maximum atomic E-state index is 5.92. The summed E-state index contributed by atoms with van der Waals surface area (Å²) in [5.41, 5.74) is 1.98. The molecule has 2 aromatic rings. The van der Waals surface area contributed by atoms with Crippen molar-refractivity contribution in [2.24, 2.45) is 0 Å². The molecule has 0 aliphatic heterocycles. The van der Waals surface area contributed by atoms with Crippen molar-refractivity contribution >= 4 is 34.4 Å². The van der Waals surface area contributed by atoms with E-state index in [9.17, 15) is 0 Å². The molecule has 0 unspecified atom stereocenters. The van der Waals surface area contributed by atoms with Crippen LogP contribution in [0.25, 0.3) is 11.0 Å². The highest BCUT2D eigenvalue weighted by atomic mass is 35.5. The van der Waals surface area contributed by atoms with E-state index in [1.165, 1.54) is 0 Å². The third kappa shape index (κ3) is 1.84. The molecule has 2 rings (SSSR count). The van der Waals surface area contributed by atoms with Gasteiger partial charge in [-0.1, -0.05) is 11.6 Å². The zero-order valence-corrected chi connectivity index (χ0v) is 10.4. The van der Waals surface area contributed by atoms with Gasteiger partial charge in [-0.2, -0.15) is 0 Å². The van der Waals surface area contributed by atoms with Gasteiger partial charge in [0.15, 0.2) is 0 Å². The Balaban J connectivity index is 2.77. The van der Waals surface area contributed by atoms with Crippen LogP contribution in [0.5, 0.6) is 0 Å². The number of imidazole rings is 1. The van der Waals surface area contributed by atoms with Gasteiger partial charge in [0, 0.05) is 12.1 Å². The highest BCUT2D eigenvalue weighted by molar-refractivity contribution is 7.98. The molecular formula is C10H12ClN3S. The molecule has 0 radical (unpaired) electrons. The van der Waals surface area contributed by atoms with Gasteiger partial charge in [0.2, 0.25) is 0 Å². The number of hydrogen-bond donors (Lipinski definition) is 0. The number of nitrogens with zero attached hydrogens (tertiary/aromatic N) is 3. The summed E-state index contributed by atoms with van der Waals surface area (Å²) in [5, 5.41) is 1.43. The smallest absolute Gasteiger partial charge is 0.132 e. The highest BCUT2D eigenvalue weighted by Gasteiger charge is 2.12. The first-order valence-electron chi connectivity index (χ1n) is 4.70. The average Bonchev–Trinajstić information content (AvgIpc) is 2.59. The van der Waals surface area contributed by atoms with Gasteiger partial charge < -0.3 is 4.57 Å². The van der Waals surface area contributed by atoms with Crippen molar-refractivity contribution in [1.29, 1.82) is 0 Å². The van der Waals surface area contributed by atoms with Gasteiger partial charge in [0.25, 0.3) is 0 Å². The normalized spacial score (nSPS) is 11.5. The number of fused-ring (bicyclic) bond motifs is 1. The summed E-state index contributed by atoms with van der Waals surface area (Å²) in [7, 11) is 0. The quantitative estimate of drug-likeness (QED) is 0.597. The predicted octanol–water partition coefficient (Wildman–Crippen LogP) is 3.39. The van der Waals surface area contributed by atoms with E-state index in [0.717, 1.165) is 16.1 Å². The molecule has 2 heterocycles. The minimum atomic E-state index is 0.379. The molecule has 0 amide bonds. The van der Waals surface area contributed by atoms with Gasteiger partial charge in [-0.25, -0.2) is 9.97 Å². The minimum absolute atomic E-state index is 0.379. The molecule has 5 heteroatoms. The first-order chi connectivity index (χ1) is 7.13. The van der Waals surface area contributed by atoms with Crippen LogP contribution in [-0.4, -0.2) is 20.8 Å². The molecule has 0 N–H and O–H groups in total. The maximum absolute atomic E-state index is 5.92. The van der Waals surface area contributed by atoms with E-state index in [0.29, 0.717) is 11.2 Å². The fourth-order valence-electron chi connectivity index (χ4n) is 1.53. The van der Waals surface area contributed by atoms with Gasteiger partial charge in [-0.05, 0) is 20.1 Å². The average molecular weight is 242 g/mol. The Morgan fingerprint density at radius 1 is 1.47 bits per heavy atom. The maximum Gasteiger partial charge on any atom is 0.132 e. The summed E-state index contributed by atoms with van der Waals surface area (Å²) >= 11 is 7.51. The van der Waals surface area contributed by atoms with E-state index < -0.39 is 0 Å². The van der Waals surface area contributed by atoms with E-state index in [-0.39, 0.29) is 0 Å². The van der Waals surface area contributed by atoms with Crippen LogP contribution in [0.4, 0.5) is 0 Å². The largest absolute Gasteiger partial charge is 0.326 e. The third-order valence-corrected chi connectivity index (χ3v) is 3.10. The number of aromatic nitrogens is 3. The molecule has 0 aliphatic rings. The molecule has 0 saturated heterocycles. The Labute approximate surface area is 97.9 Å². The van der Waals surface area contributed by atoms with Crippen molar-refractivity contribution in [3.05, 3.63) is 17.5 Å². The van der Waals surface area contributed by atoms with Crippen molar-refractivity contribution in [3.8, 4) is 0 Å². The van der Waals surface area contributed by atoms with Gasteiger partial charge in [-0.3, -0.25) is 0 Å². The van der Waals surface area contributed by atoms with Crippen LogP contribution in [0.1, 0.15) is 19.9 Å². The lowest BCUT2D eigenvalue weighted by Crippen LogP contribution is -2.00. The van der Waals surface area contributed by atoms with Crippen LogP contribution < -0.4 is 0 Å². The van der Waals surface area contributed by atoms with E-state index in [4.69, 9.17) is 11.6 Å². The van der Waals surface area contributed by atoms with Gasteiger partial charge in [-0.15, -0.1) is 11.8 Å². The second-order valence-corrected chi connectivity index (χ2v) is 4.75. The Morgan fingerprint density at radius 3 is 2.80 bits per heavy atom. The highest BCUT2D eigenvalue weighted by Crippen LogP contribution is 2.28. The lowest BCUT2D eigenvalue weighted by atomic mass is 10.3. The SMILES string of the molecule is CSc1nc(Cl)cc2ncn(C(C)C)c12. The number of rotatable bonds is 2. The van der Waals surface area contributed by atoms with Gasteiger partial charge >= 0.3 is 0 Å². The van der Waals surface area contributed by atoms with E-state index in [2.05, 4.69) is 28.4 Å². The van der Waals surface area contributed by atoms with Crippen molar-refractivity contribution in [1.82, 2.24) is 14.5 Å². The summed E-state index contributed by atoms with van der Waals surface area (Å²) < 4.78 is 2.12. The number of thioether (sulfide) groups is 1. The standard InChI is InChI=1S/C10H12ClN3S/c1-6(2)14-5-12-7-4-8(11)13-10(15-3)9(7)14/h4-6H,1-3H3. The molecule has 2 aromatic heterocycles. The lowest BCUT2D eigenvalue weighted by molar-refractivity contribution is 0.613. The molecule has 0 spiro atoms. The molecule has 0 saturated carbocycles. The van der Waals surface area contributed by atoms with Gasteiger partial charge in [0.1, 0.15) is 15.7 Å². The number of pyridine rings is 1. The first kappa shape index (κ1) is 10.8. The van der Waals surface area contributed by atoms with E-state index in [1.807, 2.05) is 12.6 Å². The third-order valence-electron chi connectivity index (χ3n) is 2.24. The van der Waals surface area contributed by atoms with Crippen molar-refractivity contribution < 1.29 is 0 Å². The lowest BCUT2D eigenvalue weighted by Gasteiger charge is -2.09. The molecule has 0 atom stereocenters. The summed E-state index contributed by atoms with van der Waals surface area (Å²) in [6, 6.07) is 2.18. The summed E-state index contributed by atoms with van der Waals surface area (Å²) in [6.07, 6.45) is 3.84. The number of hydrogen-bond acceptors (Lipinski definition) is 3. The Kier molecular flexibility index (Phi) is 2.89. The monoisotopic (exact) mass is 241 g/mol. The second kappa shape index (κ2) is 4.02. The zero-order chi connectivity index (χ0) is 11.0. The van der Waals surface area contributed by atoms with Crippen LogP contribution in [0.3, 0.4) is 0 Å². The number of halogens is 1. The molecule has 80 valence electrons. The van der Waals surface area contributed by atoms with E-state index in [1.54, 1.807) is 17.8 Å². The Hall–Kier alpha value is -0.740. The van der Waals surface area contributed by atoms with Gasteiger partial charge in [0.05, 0.1) is 11.8 Å². The molecule has 0 aromatic carbocycles. The first-order valence-corrected chi connectivity index (χ1v) is 6.31. The minimum Gasteiger partial charge on any atom is -0.326 e. The summed E-state index contributed by atoms with van der Waals surface area (Å²) in [4.78, 5) is 8.64. The van der Waals surface area contributed by atoms with Crippen molar-refractivity contribution in [2.75, 3.05) is 6.26 Å². The van der Waals surface area contributed by atoms with Crippen molar-refractivity contribution in [2.45, 2.75) is 24.9 Å². The fourth-order valence-corrected chi connectivity index (χ4v) is 2.36. The summed E-state index contributed by atoms with van der Waals surface area (Å²) in [6.45, 7) is 4.25. The molecule has 15 heavy (non-hydrogen) atoms. The van der Waals surface area contributed by atoms with Crippen LogP contribution in [0, 0.1) is 0 Å². The summed E-state index contributed by atoms with van der Waals surface area (Å²) in [5.74, 6) is 0. The van der Waals surface area contributed by atoms with E-state index >= 15 is 0 Å². The molecule has 3 nitrogen and oxygen atoms in total. The van der Waals surface area contributed by atoms with Crippen LogP contribution in [0.2, 0.25) is 5.15 Å². The molecular weight excluding hydrogens is 230 g/mol. The van der Waals surface area contributed by atoms with Crippen LogP contribution >= 0.6 is 23.4 Å². The van der Waals surface area contributed by atoms with Crippen LogP contribution in [0.15, 0.2) is 17.4 Å². The Bertz CT molecular complexity index is 493. The fraction of sp³-hybridized carbons (Fsp3) is 0.400.